The van der Waals surface area contributed by atoms with Gasteiger partial charge in [0.15, 0.2) is 9.84 Å². The van der Waals surface area contributed by atoms with E-state index in [-0.39, 0.29) is 11.6 Å². The van der Waals surface area contributed by atoms with Crippen LogP contribution in [0.1, 0.15) is 27.2 Å². The molecule has 0 atom stereocenters. The number of oxime groups is 1. The molecule has 0 saturated heterocycles. The first-order chi connectivity index (χ1) is 9.14. The van der Waals surface area contributed by atoms with Crippen LogP contribution >= 0.6 is 0 Å². The van der Waals surface area contributed by atoms with Crippen molar-refractivity contribution in [3.05, 3.63) is 0 Å². The summed E-state index contributed by atoms with van der Waals surface area (Å²) in [6.45, 7) is 7.12. The maximum atomic E-state index is 12.1. The van der Waals surface area contributed by atoms with Gasteiger partial charge in [-0.25, -0.2) is 8.42 Å². The molecule has 0 aromatic carbocycles. The molecule has 0 saturated carbocycles. The largest absolute Gasteiger partial charge is 0.409 e. The molecule has 0 aliphatic carbocycles. The maximum Gasteiger partial charge on any atom is 0.156 e. The van der Waals surface area contributed by atoms with Crippen molar-refractivity contribution in [1.82, 2.24) is 4.90 Å². The molecule has 0 heterocycles. The summed E-state index contributed by atoms with van der Waals surface area (Å²) in [5, 5.41) is 11.4. The number of hydrogen-bond donors (Lipinski definition) is 2. The third kappa shape index (κ3) is 7.06. The molecule has 0 aromatic rings. The van der Waals surface area contributed by atoms with E-state index in [0.717, 1.165) is 0 Å². The summed E-state index contributed by atoms with van der Waals surface area (Å²) < 4.78 is 28.4. The van der Waals surface area contributed by atoms with E-state index >= 15 is 0 Å². The molecule has 120 valence electrons. The van der Waals surface area contributed by atoms with Crippen LogP contribution in [0.2, 0.25) is 0 Å². The second-order valence-electron chi connectivity index (χ2n) is 5.61. The van der Waals surface area contributed by atoms with Crippen molar-refractivity contribution in [1.29, 1.82) is 0 Å². The number of ether oxygens (including phenoxy) is 1. The average Bonchev–Trinajstić information content (AvgIpc) is 2.36. The van der Waals surface area contributed by atoms with Gasteiger partial charge in [-0.05, 0) is 20.8 Å². The Morgan fingerprint density at radius 1 is 1.30 bits per heavy atom. The van der Waals surface area contributed by atoms with Gasteiger partial charge in [0, 0.05) is 33.2 Å². The highest BCUT2D eigenvalue weighted by Gasteiger charge is 2.28. The topological polar surface area (TPSA) is 105 Å². The monoisotopic (exact) mass is 309 g/mol. The molecule has 0 amide bonds. The molecular weight excluding hydrogens is 282 g/mol. The minimum absolute atomic E-state index is 0.0797. The fraction of sp³-hybridized carbons (Fsp3) is 0.917. The van der Waals surface area contributed by atoms with E-state index in [9.17, 15) is 8.42 Å². The highest BCUT2D eigenvalue weighted by Crippen LogP contribution is 2.16. The molecular formula is C12H27N3O4S. The van der Waals surface area contributed by atoms with Crippen molar-refractivity contribution >= 4 is 15.7 Å². The van der Waals surface area contributed by atoms with Crippen LogP contribution in [-0.2, 0) is 14.6 Å². The van der Waals surface area contributed by atoms with Crippen molar-refractivity contribution in [2.45, 2.75) is 31.9 Å². The summed E-state index contributed by atoms with van der Waals surface area (Å²) in [5.41, 5.74) is 5.42. The van der Waals surface area contributed by atoms with Crippen LogP contribution in [0.5, 0.6) is 0 Å². The van der Waals surface area contributed by atoms with Crippen molar-refractivity contribution in [3.63, 3.8) is 0 Å². The highest BCUT2D eigenvalue weighted by molar-refractivity contribution is 7.92. The number of rotatable bonds is 9. The van der Waals surface area contributed by atoms with Gasteiger partial charge in [-0.1, -0.05) is 5.16 Å². The van der Waals surface area contributed by atoms with Crippen LogP contribution in [-0.4, -0.2) is 68.2 Å². The van der Waals surface area contributed by atoms with Gasteiger partial charge in [-0.3, -0.25) is 4.90 Å². The first kappa shape index (κ1) is 19.1. The number of sulfone groups is 1. The summed E-state index contributed by atoms with van der Waals surface area (Å²) in [6, 6.07) is 0. The van der Waals surface area contributed by atoms with Crippen LogP contribution in [0.15, 0.2) is 5.16 Å². The van der Waals surface area contributed by atoms with Crippen LogP contribution in [0.3, 0.4) is 0 Å². The quantitative estimate of drug-likeness (QED) is 0.274. The van der Waals surface area contributed by atoms with Gasteiger partial charge in [0.2, 0.25) is 0 Å². The zero-order valence-corrected chi connectivity index (χ0v) is 13.6. The molecule has 3 N–H and O–H groups in total. The third-order valence-corrected chi connectivity index (χ3v) is 5.62. The van der Waals surface area contributed by atoms with Gasteiger partial charge < -0.3 is 15.7 Å². The standard InChI is InChI=1S/C12H27N3O4S/c1-12(2,3)20(17,18)10-8-15(7-9-19-4)6-5-11(13)14-16/h16H,5-10H2,1-4H3,(H2,13,14). The van der Waals surface area contributed by atoms with Gasteiger partial charge in [-0.15, -0.1) is 0 Å². The minimum Gasteiger partial charge on any atom is -0.409 e. The normalized spacial score (nSPS) is 13.9. The van der Waals surface area contributed by atoms with Gasteiger partial charge in [0.1, 0.15) is 5.84 Å². The van der Waals surface area contributed by atoms with E-state index < -0.39 is 14.6 Å². The average molecular weight is 309 g/mol. The number of methoxy groups -OCH3 is 1. The van der Waals surface area contributed by atoms with Crippen LogP contribution in [0.4, 0.5) is 0 Å². The fourth-order valence-corrected chi connectivity index (χ4v) is 2.54. The number of nitrogens with two attached hydrogens (primary N) is 1. The van der Waals surface area contributed by atoms with Crippen LogP contribution in [0.25, 0.3) is 0 Å². The van der Waals surface area contributed by atoms with E-state index in [1.807, 2.05) is 4.90 Å². The second kappa shape index (κ2) is 8.43. The Morgan fingerprint density at radius 3 is 2.35 bits per heavy atom. The molecule has 0 aromatic heterocycles. The molecule has 0 aliphatic rings. The molecule has 0 rings (SSSR count). The summed E-state index contributed by atoms with van der Waals surface area (Å²) in [6.07, 6.45) is 0.385. The van der Waals surface area contributed by atoms with E-state index in [1.165, 1.54) is 0 Å². The molecule has 7 nitrogen and oxygen atoms in total. The van der Waals surface area contributed by atoms with Crippen molar-refractivity contribution in [2.75, 3.05) is 39.1 Å². The summed E-state index contributed by atoms with van der Waals surface area (Å²) in [5.74, 6) is 0.210. The predicted molar refractivity (Wildman–Crippen MR) is 79.9 cm³/mol. The van der Waals surface area contributed by atoms with Crippen molar-refractivity contribution in [3.8, 4) is 0 Å². The Morgan fingerprint density at radius 2 is 1.90 bits per heavy atom. The lowest BCUT2D eigenvalue weighted by Gasteiger charge is -2.24. The van der Waals surface area contributed by atoms with Gasteiger partial charge >= 0.3 is 0 Å². The molecule has 20 heavy (non-hydrogen) atoms. The Balaban J connectivity index is 4.51. The minimum atomic E-state index is -3.16. The molecule has 0 radical (unpaired) electrons. The lowest BCUT2D eigenvalue weighted by Crippen LogP contribution is -2.39. The fourth-order valence-electron chi connectivity index (χ4n) is 1.43. The first-order valence-corrected chi connectivity index (χ1v) is 8.19. The molecule has 0 fully saturated rings. The molecule has 0 aliphatic heterocycles. The Kier molecular flexibility index (Phi) is 8.07. The number of hydrogen-bond acceptors (Lipinski definition) is 6. The SMILES string of the molecule is COCCN(CCC(N)=NO)CCS(=O)(=O)C(C)(C)C. The summed E-state index contributed by atoms with van der Waals surface area (Å²) >= 11 is 0. The Bertz CT molecular complexity index is 401. The van der Waals surface area contributed by atoms with Crippen molar-refractivity contribution in [2.24, 2.45) is 10.9 Å². The predicted octanol–water partition coefficient (Wildman–Crippen LogP) is 0.285. The lowest BCUT2D eigenvalue weighted by molar-refractivity contribution is 0.152. The second-order valence-corrected chi connectivity index (χ2v) is 8.47. The summed E-state index contributed by atoms with van der Waals surface area (Å²) in [7, 11) is -1.56. The smallest absolute Gasteiger partial charge is 0.156 e. The van der Waals surface area contributed by atoms with E-state index in [1.54, 1.807) is 27.9 Å². The summed E-state index contributed by atoms with van der Waals surface area (Å²) in [4.78, 5) is 1.94. The van der Waals surface area contributed by atoms with E-state index in [0.29, 0.717) is 32.7 Å². The number of nitrogens with zero attached hydrogens (tertiary/aromatic N) is 2. The van der Waals surface area contributed by atoms with Crippen LogP contribution in [0, 0.1) is 0 Å². The van der Waals surface area contributed by atoms with Gasteiger partial charge in [0.05, 0.1) is 17.1 Å². The molecule has 0 unspecified atom stereocenters. The zero-order chi connectivity index (χ0) is 15.8. The number of amidine groups is 1. The van der Waals surface area contributed by atoms with Gasteiger partial charge in [0.25, 0.3) is 0 Å². The van der Waals surface area contributed by atoms with E-state index in [4.69, 9.17) is 15.7 Å². The molecule has 0 spiro atoms. The van der Waals surface area contributed by atoms with Crippen molar-refractivity contribution < 1.29 is 18.4 Å². The Labute approximate surface area is 121 Å². The third-order valence-electron chi connectivity index (χ3n) is 3.03. The lowest BCUT2D eigenvalue weighted by atomic mass is 10.3. The Hall–Kier alpha value is -0.860. The highest BCUT2D eigenvalue weighted by atomic mass is 32.2. The van der Waals surface area contributed by atoms with E-state index in [2.05, 4.69) is 5.16 Å². The molecule has 8 heteroatoms. The first-order valence-electron chi connectivity index (χ1n) is 6.54. The van der Waals surface area contributed by atoms with Gasteiger partial charge in [-0.2, -0.15) is 0 Å². The maximum absolute atomic E-state index is 12.1. The zero-order valence-electron chi connectivity index (χ0n) is 12.8. The molecule has 0 bridgehead atoms. The van der Waals surface area contributed by atoms with Crippen LogP contribution < -0.4 is 5.73 Å².